The Labute approximate surface area is 225 Å². The normalized spacial score (nSPS) is 18.2. The molecule has 9 nitrogen and oxygen atoms in total. The Morgan fingerprint density at radius 1 is 1.18 bits per heavy atom. The fourth-order valence-electron chi connectivity index (χ4n) is 5.10. The highest BCUT2D eigenvalue weighted by atomic mass is 19.1. The number of hydrogen-bond donors (Lipinski definition) is 3. The number of amides is 1. The van der Waals surface area contributed by atoms with Crippen molar-refractivity contribution in [1.29, 1.82) is 0 Å². The van der Waals surface area contributed by atoms with E-state index in [2.05, 4.69) is 15.3 Å². The molecule has 6 rings (SSSR count). The Balaban J connectivity index is 1.26. The van der Waals surface area contributed by atoms with Crippen LogP contribution < -0.4 is 15.8 Å². The molecule has 198 valence electrons. The van der Waals surface area contributed by atoms with Gasteiger partial charge < -0.3 is 25.7 Å². The van der Waals surface area contributed by atoms with Crippen LogP contribution in [0.3, 0.4) is 0 Å². The van der Waals surface area contributed by atoms with Gasteiger partial charge >= 0.3 is 0 Å². The number of likely N-dealkylation sites (tertiary alicyclic amines) is 1. The van der Waals surface area contributed by atoms with Gasteiger partial charge in [0.05, 0.1) is 30.6 Å². The fourth-order valence-corrected chi connectivity index (χ4v) is 5.10. The summed E-state index contributed by atoms with van der Waals surface area (Å²) in [6.45, 7) is 3.45. The van der Waals surface area contributed by atoms with Gasteiger partial charge in [0, 0.05) is 65.2 Å². The number of H-pyrrole nitrogens is 1. The molecule has 0 bridgehead atoms. The van der Waals surface area contributed by atoms with Gasteiger partial charge in [-0.2, -0.15) is 0 Å². The van der Waals surface area contributed by atoms with E-state index in [1.165, 1.54) is 13.2 Å². The number of nitrogens with zero attached hydrogens (tertiary/aromatic N) is 4. The number of methoxy groups -OCH3 is 1. The molecule has 0 radical (unpaired) electrons. The molecule has 1 fully saturated rings. The van der Waals surface area contributed by atoms with Crippen LogP contribution in [-0.2, 0) is 6.54 Å². The molecule has 1 unspecified atom stereocenters. The largest absolute Gasteiger partial charge is 0.496 e. The summed E-state index contributed by atoms with van der Waals surface area (Å²) >= 11 is 0. The topological polar surface area (TPSA) is 122 Å². The number of aromatic amines is 1. The molecular formula is C29H28FN7O2. The number of rotatable bonds is 5. The van der Waals surface area contributed by atoms with Gasteiger partial charge in [0.1, 0.15) is 11.6 Å². The van der Waals surface area contributed by atoms with E-state index in [0.29, 0.717) is 47.3 Å². The molecule has 4 N–H and O–H groups in total. The van der Waals surface area contributed by atoms with E-state index >= 15 is 0 Å². The van der Waals surface area contributed by atoms with E-state index in [-0.39, 0.29) is 18.0 Å². The summed E-state index contributed by atoms with van der Waals surface area (Å²) in [7, 11) is 1.51. The number of aliphatic imine (C=N–C) groups is 1. The summed E-state index contributed by atoms with van der Waals surface area (Å²) in [5, 5.41) is 3.22. The summed E-state index contributed by atoms with van der Waals surface area (Å²) in [6.07, 6.45) is 6.12. The Hall–Kier alpha value is -4.57. The van der Waals surface area contributed by atoms with Crippen LogP contribution in [0.5, 0.6) is 5.75 Å². The second-order valence-electron chi connectivity index (χ2n) is 10.2. The number of hydrogen-bond acceptors (Lipinski definition) is 7. The van der Waals surface area contributed by atoms with Crippen LogP contribution in [0.1, 0.15) is 40.4 Å². The fraction of sp³-hybridized carbons (Fsp3) is 0.241. The van der Waals surface area contributed by atoms with Gasteiger partial charge in [0.25, 0.3) is 5.91 Å². The van der Waals surface area contributed by atoms with Crippen LogP contribution in [0, 0.1) is 5.82 Å². The minimum Gasteiger partial charge on any atom is -0.496 e. The molecule has 4 heterocycles. The van der Waals surface area contributed by atoms with E-state index in [9.17, 15) is 9.18 Å². The molecule has 1 saturated heterocycles. The first kappa shape index (κ1) is 24.7. The Morgan fingerprint density at radius 3 is 2.72 bits per heavy atom. The average Bonchev–Trinajstić information content (AvgIpc) is 3.53. The number of anilines is 2. The quantitative estimate of drug-likeness (QED) is 0.358. The van der Waals surface area contributed by atoms with Crippen LogP contribution in [0.25, 0.3) is 11.3 Å². The number of halogens is 1. The zero-order chi connectivity index (χ0) is 27.1. The van der Waals surface area contributed by atoms with Crippen LogP contribution in [0.4, 0.5) is 16.0 Å². The molecular weight excluding hydrogens is 497 g/mol. The number of aromatic nitrogens is 3. The van der Waals surface area contributed by atoms with Crippen LogP contribution >= 0.6 is 0 Å². The summed E-state index contributed by atoms with van der Waals surface area (Å²) in [6, 6.07) is 11.9. The van der Waals surface area contributed by atoms with Crippen molar-refractivity contribution in [3.8, 4) is 17.0 Å². The first-order chi connectivity index (χ1) is 18.8. The number of ether oxygens (including phenoxy) is 1. The van der Waals surface area contributed by atoms with Gasteiger partial charge in [-0.3, -0.25) is 9.79 Å². The van der Waals surface area contributed by atoms with Crippen LogP contribution in [-0.4, -0.2) is 57.2 Å². The summed E-state index contributed by atoms with van der Waals surface area (Å²) in [5.41, 5.74) is 11.0. The standard InChI is InChI=1S/C29H28FN7O2/c1-29(31)10-11-37(16-29)27(38)17-6-8-19(9-7-17)35-28-34-13-18-12-33-26(21-15-32-14-20(21)25(18)36-28)24-22(30)4-3-5-23(24)39-2/h3-9,13-15,32H,10-12,16,31H2,1-2H3,(H,34,35,36). The van der Waals surface area contributed by atoms with Crippen LogP contribution in [0.15, 0.2) is 66.0 Å². The molecule has 2 aliphatic heterocycles. The maximum atomic E-state index is 15.0. The minimum atomic E-state index is -0.414. The first-order valence-electron chi connectivity index (χ1n) is 12.7. The molecule has 0 spiro atoms. The molecule has 4 aromatic rings. The van der Waals surface area contributed by atoms with Crippen molar-refractivity contribution in [3.63, 3.8) is 0 Å². The predicted octanol–water partition coefficient (Wildman–Crippen LogP) is 4.28. The average molecular weight is 526 g/mol. The monoisotopic (exact) mass is 525 g/mol. The van der Waals surface area contributed by atoms with E-state index in [1.807, 2.05) is 25.3 Å². The highest BCUT2D eigenvalue weighted by Crippen LogP contribution is 2.35. The van der Waals surface area contributed by atoms with Crippen molar-refractivity contribution in [2.24, 2.45) is 10.7 Å². The zero-order valence-corrected chi connectivity index (χ0v) is 21.7. The Morgan fingerprint density at radius 2 is 1.97 bits per heavy atom. The van der Waals surface area contributed by atoms with Gasteiger partial charge in [-0.25, -0.2) is 14.4 Å². The zero-order valence-electron chi connectivity index (χ0n) is 21.7. The first-order valence-corrected chi connectivity index (χ1v) is 12.7. The number of nitrogens with two attached hydrogens (primary N) is 1. The maximum Gasteiger partial charge on any atom is 0.253 e. The second kappa shape index (κ2) is 9.63. The van der Waals surface area contributed by atoms with Gasteiger partial charge in [0.2, 0.25) is 5.95 Å². The number of benzene rings is 2. The SMILES string of the molecule is COc1cccc(F)c1C1=NCc2cnc(Nc3ccc(C(=O)N4CCC(C)(N)C4)cc3)nc2-c2c[nH]cc21. The molecule has 2 aromatic carbocycles. The van der Waals surface area contributed by atoms with E-state index < -0.39 is 5.82 Å². The maximum absolute atomic E-state index is 15.0. The number of carbonyl (C=O) groups excluding carboxylic acids is 1. The highest BCUT2D eigenvalue weighted by Gasteiger charge is 2.33. The summed E-state index contributed by atoms with van der Waals surface area (Å²) in [5.74, 6) is 0.358. The van der Waals surface area contributed by atoms with Crippen LogP contribution in [0.2, 0.25) is 0 Å². The summed E-state index contributed by atoms with van der Waals surface area (Å²) in [4.78, 5) is 31.8. The Kier molecular flexibility index (Phi) is 6.11. The van der Waals surface area contributed by atoms with Gasteiger partial charge in [-0.1, -0.05) is 6.07 Å². The summed E-state index contributed by atoms with van der Waals surface area (Å²) < 4.78 is 20.4. The molecule has 0 saturated carbocycles. The number of nitrogens with one attached hydrogen (secondary N) is 2. The number of fused-ring (bicyclic) bond motifs is 3. The van der Waals surface area contributed by atoms with Crippen molar-refractivity contribution >= 4 is 23.3 Å². The molecule has 1 atom stereocenters. The van der Waals surface area contributed by atoms with Crippen molar-refractivity contribution in [1.82, 2.24) is 19.9 Å². The van der Waals surface area contributed by atoms with Crippen molar-refractivity contribution < 1.29 is 13.9 Å². The third kappa shape index (κ3) is 4.63. The third-order valence-electron chi connectivity index (χ3n) is 7.14. The van der Waals surface area contributed by atoms with Gasteiger partial charge in [0.15, 0.2) is 0 Å². The molecule has 2 aromatic heterocycles. The second-order valence-corrected chi connectivity index (χ2v) is 10.2. The predicted molar refractivity (Wildman–Crippen MR) is 147 cm³/mol. The Bertz CT molecular complexity index is 1590. The lowest BCUT2D eigenvalue weighted by Gasteiger charge is -2.20. The molecule has 2 aliphatic rings. The van der Waals surface area contributed by atoms with Gasteiger partial charge in [-0.15, -0.1) is 0 Å². The van der Waals surface area contributed by atoms with Crippen molar-refractivity contribution in [2.75, 3.05) is 25.5 Å². The lowest BCUT2D eigenvalue weighted by Crippen LogP contribution is -2.40. The van der Waals surface area contributed by atoms with Crippen molar-refractivity contribution in [2.45, 2.75) is 25.4 Å². The van der Waals surface area contributed by atoms with Crippen molar-refractivity contribution in [3.05, 3.63) is 89.1 Å². The van der Waals surface area contributed by atoms with E-state index in [0.717, 1.165) is 28.8 Å². The third-order valence-corrected chi connectivity index (χ3v) is 7.14. The lowest BCUT2D eigenvalue weighted by atomic mass is 9.98. The minimum absolute atomic E-state index is 0.0284. The molecule has 0 aliphatic carbocycles. The molecule has 1 amide bonds. The van der Waals surface area contributed by atoms with E-state index in [4.69, 9.17) is 20.4 Å². The molecule has 39 heavy (non-hydrogen) atoms. The lowest BCUT2D eigenvalue weighted by molar-refractivity contribution is 0.0785. The van der Waals surface area contributed by atoms with E-state index in [1.54, 1.807) is 41.6 Å². The smallest absolute Gasteiger partial charge is 0.253 e. The molecule has 10 heteroatoms. The highest BCUT2D eigenvalue weighted by molar-refractivity contribution is 6.18. The number of carbonyl (C=O) groups is 1. The van der Waals surface area contributed by atoms with Gasteiger partial charge in [-0.05, 0) is 49.7 Å².